The Morgan fingerprint density at radius 2 is 1.76 bits per heavy atom. The second-order valence-corrected chi connectivity index (χ2v) is 5.97. The molecule has 1 aromatic carbocycles. The summed E-state index contributed by atoms with van der Waals surface area (Å²) >= 11 is 0. The van der Waals surface area contributed by atoms with Gasteiger partial charge in [-0.05, 0) is 5.56 Å². The zero-order valence-corrected chi connectivity index (χ0v) is 14.0. The van der Waals surface area contributed by atoms with Gasteiger partial charge in [-0.25, -0.2) is 4.79 Å². The number of piperazine rings is 1. The molecule has 0 aliphatic carbocycles. The Labute approximate surface area is 145 Å². The number of hydrogen-bond donors (Lipinski definition) is 1. The lowest BCUT2D eigenvalue weighted by Crippen LogP contribution is -2.57. The van der Waals surface area contributed by atoms with Gasteiger partial charge < -0.3 is 24.6 Å². The number of carbonyl (C=O) groups is 3. The average molecular weight is 347 g/mol. The van der Waals surface area contributed by atoms with Gasteiger partial charge in [0.05, 0.1) is 13.2 Å². The lowest BCUT2D eigenvalue weighted by atomic mass is 9.98. The summed E-state index contributed by atoms with van der Waals surface area (Å²) in [6.07, 6.45) is -1.17. The molecule has 0 saturated carbocycles. The summed E-state index contributed by atoms with van der Waals surface area (Å²) in [5.74, 6) is -0.424. The molecule has 0 radical (unpaired) electrons. The molecule has 2 saturated heterocycles. The lowest BCUT2D eigenvalue weighted by Gasteiger charge is -2.38. The van der Waals surface area contributed by atoms with Crippen LogP contribution in [0.1, 0.15) is 11.6 Å². The van der Waals surface area contributed by atoms with E-state index in [1.165, 1.54) is 7.11 Å². The maximum Gasteiger partial charge on any atom is 0.409 e. The molecule has 3 rings (SSSR count). The van der Waals surface area contributed by atoms with Crippen LogP contribution in [0.15, 0.2) is 30.3 Å². The maximum absolute atomic E-state index is 12.9. The molecular formula is C17H21N3O5. The molecule has 0 unspecified atom stereocenters. The Kier molecular flexibility index (Phi) is 5.18. The molecule has 0 bridgehead atoms. The minimum atomic E-state index is -0.773. The fourth-order valence-electron chi connectivity index (χ4n) is 3.10. The first-order valence-corrected chi connectivity index (χ1v) is 8.17. The van der Waals surface area contributed by atoms with Crippen LogP contribution in [0.4, 0.5) is 4.79 Å². The van der Waals surface area contributed by atoms with Crippen molar-refractivity contribution in [3.63, 3.8) is 0 Å². The molecule has 2 heterocycles. The summed E-state index contributed by atoms with van der Waals surface area (Å²) < 4.78 is 10.3. The standard InChI is InChI=1S/C17H21N3O5/c1-24-17(23)20-9-7-19(8-10-20)16(22)15-14(18-13(21)11-25-15)12-5-3-2-4-6-12/h2-6,14-15H,7-11H2,1H3,(H,18,21)/t14-,15+/m1/s1. The number of methoxy groups -OCH3 is 1. The highest BCUT2D eigenvalue weighted by molar-refractivity contribution is 5.86. The van der Waals surface area contributed by atoms with Crippen molar-refractivity contribution < 1.29 is 23.9 Å². The molecule has 2 fully saturated rings. The quantitative estimate of drug-likeness (QED) is 0.823. The molecule has 8 heteroatoms. The van der Waals surface area contributed by atoms with Crippen LogP contribution in [-0.4, -0.2) is 73.7 Å². The Morgan fingerprint density at radius 3 is 2.40 bits per heavy atom. The van der Waals surface area contributed by atoms with Crippen molar-refractivity contribution in [3.05, 3.63) is 35.9 Å². The number of nitrogens with one attached hydrogen (secondary N) is 1. The van der Waals surface area contributed by atoms with Gasteiger partial charge in [0.25, 0.3) is 5.91 Å². The highest BCUT2D eigenvalue weighted by atomic mass is 16.5. The van der Waals surface area contributed by atoms with Gasteiger partial charge in [-0.2, -0.15) is 0 Å². The molecular weight excluding hydrogens is 326 g/mol. The number of nitrogens with zero attached hydrogens (tertiary/aromatic N) is 2. The Morgan fingerprint density at radius 1 is 1.12 bits per heavy atom. The third kappa shape index (κ3) is 3.74. The normalized spacial score (nSPS) is 23.8. The molecule has 1 N–H and O–H groups in total. The highest BCUT2D eigenvalue weighted by Gasteiger charge is 2.39. The predicted octanol–water partition coefficient (Wildman–Crippen LogP) is 0.153. The first-order chi connectivity index (χ1) is 12.1. The van der Waals surface area contributed by atoms with E-state index in [0.717, 1.165) is 5.56 Å². The fraction of sp³-hybridized carbons (Fsp3) is 0.471. The first-order valence-electron chi connectivity index (χ1n) is 8.17. The van der Waals surface area contributed by atoms with Crippen LogP contribution in [0.2, 0.25) is 0 Å². The second kappa shape index (κ2) is 7.52. The summed E-state index contributed by atoms with van der Waals surface area (Å²) in [6.45, 7) is 1.50. The Balaban J connectivity index is 1.70. The van der Waals surface area contributed by atoms with Crippen molar-refractivity contribution in [2.24, 2.45) is 0 Å². The van der Waals surface area contributed by atoms with E-state index in [1.54, 1.807) is 9.80 Å². The highest BCUT2D eigenvalue weighted by Crippen LogP contribution is 2.24. The monoisotopic (exact) mass is 347 g/mol. The fourth-order valence-corrected chi connectivity index (χ4v) is 3.10. The zero-order chi connectivity index (χ0) is 17.8. The molecule has 134 valence electrons. The van der Waals surface area contributed by atoms with Crippen LogP contribution in [0.25, 0.3) is 0 Å². The number of amides is 3. The van der Waals surface area contributed by atoms with Gasteiger partial charge in [0.1, 0.15) is 6.61 Å². The first kappa shape index (κ1) is 17.2. The smallest absolute Gasteiger partial charge is 0.409 e. The number of carbonyl (C=O) groups excluding carboxylic acids is 3. The maximum atomic E-state index is 12.9. The van der Waals surface area contributed by atoms with Gasteiger partial charge in [-0.1, -0.05) is 30.3 Å². The Hall–Kier alpha value is -2.61. The molecule has 1 aromatic rings. The molecule has 8 nitrogen and oxygen atoms in total. The average Bonchev–Trinajstić information content (AvgIpc) is 2.67. The number of ether oxygens (including phenoxy) is 2. The van der Waals surface area contributed by atoms with Crippen molar-refractivity contribution in [3.8, 4) is 0 Å². The summed E-state index contributed by atoms with van der Waals surface area (Å²) in [7, 11) is 1.34. The van der Waals surface area contributed by atoms with Crippen molar-refractivity contribution >= 4 is 17.9 Å². The molecule has 2 aliphatic rings. The van der Waals surface area contributed by atoms with E-state index in [2.05, 4.69) is 5.32 Å². The number of rotatable bonds is 2. The molecule has 0 spiro atoms. The molecule has 2 aliphatic heterocycles. The van der Waals surface area contributed by atoms with Gasteiger partial charge in [-0.15, -0.1) is 0 Å². The zero-order valence-electron chi connectivity index (χ0n) is 14.0. The lowest BCUT2D eigenvalue weighted by molar-refractivity contribution is -0.156. The summed E-state index contributed by atoms with van der Waals surface area (Å²) in [5, 5.41) is 2.84. The third-order valence-electron chi connectivity index (χ3n) is 4.44. The van der Waals surface area contributed by atoms with E-state index in [1.807, 2.05) is 30.3 Å². The third-order valence-corrected chi connectivity index (χ3v) is 4.44. The van der Waals surface area contributed by atoms with Crippen LogP contribution < -0.4 is 5.32 Å². The van der Waals surface area contributed by atoms with Gasteiger partial charge in [0.2, 0.25) is 5.91 Å². The minimum absolute atomic E-state index is 0.137. The van der Waals surface area contributed by atoms with Gasteiger partial charge in [-0.3, -0.25) is 9.59 Å². The van der Waals surface area contributed by atoms with Crippen LogP contribution in [0, 0.1) is 0 Å². The molecule has 2 atom stereocenters. The van der Waals surface area contributed by atoms with Gasteiger partial charge in [0.15, 0.2) is 6.10 Å². The van der Waals surface area contributed by atoms with Crippen molar-refractivity contribution in [2.45, 2.75) is 12.1 Å². The van der Waals surface area contributed by atoms with Crippen LogP contribution in [0.3, 0.4) is 0 Å². The van der Waals surface area contributed by atoms with Crippen molar-refractivity contribution in [2.75, 3.05) is 39.9 Å². The summed E-state index contributed by atoms with van der Waals surface area (Å²) in [6, 6.07) is 8.77. The van der Waals surface area contributed by atoms with Gasteiger partial charge in [0, 0.05) is 26.2 Å². The van der Waals surface area contributed by atoms with E-state index >= 15 is 0 Å². The van der Waals surface area contributed by atoms with E-state index in [4.69, 9.17) is 9.47 Å². The largest absolute Gasteiger partial charge is 0.453 e. The topological polar surface area (TPSA) is 88.2 Å². The van der Waals surface area contributed by atoms with E-state index in [0.29, 0.717) is 26.2 Å². The number of morpholine rings is 1. The number of hydrogen-bond acceptors (Lipinski definition) is 5. The number of benzene rings is 1. The van der Waals surface area contributed by atoms with E-state index in [9.17, 15) is 14.4 Å². The van der Waals surface area contributed by atoms with Crippen LogP contribution in [0.5, 0.6) is 0 Å². The van der Waals surface area contributed by atoms with Crippen LogP contribution in [-0.2, 0) is 19.1 Å². The molecule has 0 aromatic heterocycles. The van der Waals surface area contributed by atoms with Crippen molar-refractivity contribution in [1.82, 2.24) is 15.1 Å². The van der Waals surface area contributed by atoms with Crippen LogP contribution >= 0.6 is 0 Å². The van der Waals surface area contributed by atoms with Gasteiger partial charge >= 0.3 is 6.09 Å². The molecule has 25 heavy (non-hydrogen) atoms. The summed E-state index contributed by atoms with van der Waals surface area (Å²) in [4.78, 5) is 39.4. The minimum Gasteiger partial charge on any atom is -0.453 e. The van der Waals surface area contributed by atoms with E-state index in [-0.39, 0.29) is 18.4 Å². The van der Waals surface area contributed by atoms with E-state index < -0.39 is 18.2 Å². The second-order valence-electron chi connectivity index (χ2n) is 5.97. The SMILES string of the molecule is COC(=O)N1CCN(C(=O)[C@H]2OCC(=O)N[C@@H]2c2ccccc2)CC1. The predicted molar refractivity (Wildman–Crippen MR) is 87.6 cm³/mol. The Bertz CT molecular complexity index is 643. The molecule has 3 amide bonds. The van der Waals surface area contributed by atoms with Crippen molar-refractivity contribution in [1.29, 1.82) is 0 Å². The summed E-state index contributed by atoms with van der Waals surface area (Å²) in [5.41, 5.74) is 0.821.